The van der Waals surface area contributed by atoms with Crippen LogP contribution in [0.3, 0.4) is 0 Å². The van der Waals surface area contributed by atoms with Crippen LogP contribution in [-0.2, 0) is 6.42 Å². The van der Waals surface area contributed by atoms with Gasteiger partial charge in [0, 0.05) is 17.8 Å². The van der Waals surface area contributed by atoms with Crippen molar-refractivity contribution in [2.24, 2.45) is 0 Å². The third-order valence-corrected chi connectivity index (χ3v) is 7.40. The maximum absolute atomic E-state index is 12.8. The molecule has 0 radical (unpaired) electrons. The van der Waals surface area contributed by atoms with Crippen molar-refractivity contribution >= 4 is 35.1 Å². The van der Waals surface area contributed by atoms with E-state index < -0.39 is 0 Å². The number of hydrogen-bond donors (Lipinski definition) is 0. The lowest BCUT2D eigenvalue weighted by atomic mass is 10.1. The van der Waals surface area contributed by atoms with Gasteiger partial charge in [-0.05, 0) is 53.7 Å². The van der Waals surface area contributed by atoms with Gasteiger partial charge >= 0.3 is 0 Å². The van der Waals surface area contributed by atoms with E-state index in [1.807, 2.05) is 58.8 Å². The number of thioether (sulfide) groups is 2. The highest BCUT2D eigenvalue weighted by Gasteiger charge is 2.25. The first-order chi connectivity index (χ1) is 11.3. The third kappa shape index (κ3) is 3.02. The number of hydrogen-bond acceptors (Lipinski definition) is 3. The molecule has 4 heteroatoms. The molecule has 0 saturated carbocycles. The van der Waals surface area contributed by atoms with E-state index >= 15 is 0 Å². The van der Waals surface area contributed by atoms with Crippen LogP contribution in [0, 0.1) is 0 Å². The minimum atomic E-state index is 0.116. The zero-order valence-electron chi connectivity index (χ0n) is 12.9. The second kappa shape index (κ2) is 6.62. The van der Waals surface area contributed by atoms with Crippen molar-refractivity contribution in [3.63, 3.8) is 0 Å². The van der Waals surface area contributed by atoms with E-state index in [9.17, 15) is 4.79 Å². The van der Waals surface area contributed by atoms with E-state index in [0.717, 1.165) is 24.2 Å². The smallest absolute Gasteiger partial charge is 0.258 e. The van der Waals surface area contributed by atoms with Gasteiger partial charge in [-0.2, -0.15) is 0 Å². The number of nitrogens with zero attached hydrogens (tertiary/aromatic N) is 1. The molecular formula is C19H19NOS2. The number of para-hydroxylation sites is 1. The highest BCUT2D eigenvalue weighted by Crippen LogP contribution is 2.43. The predicted molar refractivity (Wildman–Crippen MR) is 101 cm³/mol. The molecule has 1 amide bonds. The zero-order chi connectivity index (χ0) is 15.6. The molecule has 4 rings (SSSR count). The summed E-state index contributed by atoms with van der Waals surface area (Å²) < 4.78 is 0.528. The van der Waals surface area contributed by atoms with Crippen LogP contribution in [0.4, 0.5) is 5.69 Å². The van der Waals surface area contributed by atoms with Gasteiger partial charge in [-0.15, -0.1) is 23.5 Å². The van der Waals surface area contributed by atoms with Crippen LogP contribution in [0.1, 0.15) is 32.5 Å². The molecule has 0 atom stereocenters. The second-order valence-electron chi connectivity index (χ2n) is 5.88. The highest BCUT2D eigenvalue weighted by atomic mass is 32.2. The van der Waals surface area contributed by atoms with Crippen LogP contribution in [-0.4, -0.2) is 24.0 Å². The lowest BCUT2D eigenvalue weighted by molar-refractivity contribution is 0.0989. The van der Waals surface area contributed by atoms with Gasteiger partial charge in [0.15, 0.2) is 0 Å². The summed E-state index contributed by atoms with van der Waals surface area (Å²) in [7, 11) is 0. The van der Waals surface area contributed by atoms with Gasteiger partial charge in [-0.1, -0.05) is 30.3 Å². The summed E-state index contributed by atoms with van der Waals surface area (Å²) in [6.45, 7) is 0.786. The predicted octanol–water partition coefficient (Wildman–Crippen LogP) is 4.76. The quantitative estimate of drug-likeness (QED) is 0.785. The largest absolute Gasteiger partial charge is 0.308 e. The molecule has 1 saturated heterocycles. The number of carbonyl (C=O) groups excluding carboxylic acids is 1. The molecule has 23 heavy (non-hydrogen) atoms. The van der Waals surface area contributed by atoms with Crippen molar-refractivity contribution in [3.8, 4) is 0 Å². The molecule has 2 aromatic rings. The first-order valence-corrected chi connectivity index (χ1v) is 10.2. The molecule has 0 unspecified atom stereocenters. The molecule has 0 N–H and O–H groups in total. The van der Waals surface area contributed by atoms with Crippen molar-refractivity contribution in [3.05, 3.63) is 65.2 Å². The average molecular weight is 342 g/mol. The Kier molecular flexibility index (Phi) is 4.36. The third-order valence-electron chi connectivity index (χ3n) is 4.39. The van der Waals surface area contributed by atoms with Gasteiger partial charge in [0.1, 0.15) is 0 Å². The number of benzene rings is 2. The van der Waals surface area contributed by atoms with Crippen LogP contribution in [0.5, 0.6) is 0 Å². The Bertz CT molecular complexity index is 708. The molecule has 0 bridgehead atoms. The molecule has 0 spiro atoms. The van der Waals surface area contributed by atoms with Crippen molar-refractivity contribution in [2.75, 3.05) is 23.0 Å². The van der Waals surface area contributed by atoms with E-state index in [2.05, 4.69) is 18.2 Å². The highest BCUT2D eigenvalue weighted by molar-refractivity contribution is 8.16. The molecule has 2 heterocycles. The summed E-state index contributed by atoms with van der Waals surface area (Å²) in [5, 5.41) is 0. The SMILES string of the molecule is O=C(c1ccc(C2SCCCS2)cc1)N1CCc2ccccc21. The van der Waals surface area contributed by atoms with Gasteiger partial charge in [0.25, 0.3) is 5.91 Å². The van der Waals surface area contributed by atoms with Gasteiger partial charge in [-0.25, -0.2) is 0 Å². The molecule has 2 aliphatic rings. The number of carbonyl (C=O) groups is 1. The number of fused-ring (bicyclic) bond motifs is 1. The summed E-state index contributed by atoms with van der Waals surface area (Å²) in [5.41, 5.74) is 4.46. The topological polar surface area (TPSA) is 20.3 Å². The average Bonchev–Trinajstić information content (AvgIpc) is 3.06. The number of amides is 1. The first-order valence-electron chi connectivity index (χ1n) is 8.06. The summed E-state index contributed by atoms with van der Waals surface area (Å²) in [6, 6.07) is 16.5. The van der Waals surface area contributed by atoms with E-state index in [-0.39, 0.29) is 5.91 Å². The van der Waals surface area contributed by atoms with Crippen molar-refractivity contribution in [2.45, 2.75) is 17.4 Å². The standard InChI is InChI=1S/C19H19NOS2/c21-18(20-11-10-14-4-1-2-5-17(14)20)15-6-8-16(9-7-15)19-22-12-3-13-23-19/h1-2,4-9,19H,3,10-13H2. The monoisotopic (exact) mass is 341 g/mol. The van der Waals surface area contributed by atoms with Gasteiger partial charge < -0.3 is 4.90 Å². The molecule has 1 fully saturated rings. The molecule has 2 aromatic carbocycles. The Balaban J connectivity index is 1.53. The van der Waals surface area contributed by atoms with Crippen LogP contribution < -0.4 is 4.90 Å². The molecule has 0 aromatic heterocycles. The Labute approximate surface area is 145 Å². The fraction of sp³-hybridized carbons (Fsp3) is 0.316. The van der Waals surface area contributed by atoms with Crippen LogP contribution in [0.15, 0.2) is 48.5 Å². The summed E-state index contributed by atoms with van der Waals surface area (Å²) in [4.78, 5) is 14.7. The summed E-state index contributed by atoms with van der Waals surface area (Å²) in [5.74, 6) is 2.59. The van der Waals surface area contributed by atoms with Gasteiger partial charge in [0.2, 0.25) is 0 Å². The summed E-state index contributed by atoms with van der Waals surface area (Å²) >= 11 is 4.03. The maximum atomic E-state index is 12.8. The molecular weight excluding hydrogens is 322 g/mol. The van der Waals surface area contributed by atoms with Gasteiger partial charge in [-0.3, -0.25) is 4.79 Å². The number of anilines is 1. The van der Waals surface area contributed by atoms with Crippen molar-refractivity contribution in [1.82, 2.24) is 0 Å². The molecule has 2 nitrogen and oxygen atoms in total. The van der Waals surface area contributed by atoms with Crippen molar-refractivity contribution < 1.29 is 4.79 Å². The van der Waals surface area contributed by atoms with E-state index in [0.29, 0.717) is 4.58 Å². The second-order valence-corrected chi connectivity index (χ2v) is 8.61. The Morgan fingerprint density at radius 1 is 1.00 bits per heavy atom. The maximum Gasteiger partial charge on any atom is 0.258 e. The van der Waals surface area contributed by atoms with Crippen LogP contribution in [0.25, 0.3) is 0 Å². The molecule has 2 aliphatic heterocycles. The van der Waals surface area contributed by atoms with E-state index in [1.165, 1.54) is 29.1 Å². The zero-order valence-corrected chi connectivity index (χ0v) is 14.5. The fourth-order valence-electron chi connectivity index (χ4n) is 3.17. The van der Waals surface area contributed by atoms with E-state index in [1.54, 1.807) is 0 Å². The van der Waals surface area contributed by atoms with Crippen LogP contribution >= 0.6 is 23.5 Å². The normalized spacial score (nSPS) is 18.0. The Morgan fingerprint density at radius 2 is 1.74 bits per heavy atom. The van der Waals surface area contributed by atoms with Crippen molar-refractivity contribution in [1.29, 1.82) is 0 Å². The lowest BCUT2D eigenvalue weighted by Crippen LogP contribution is -2.28. The van der Waals surface area contributed by atoms with Gasteiger partial charge in [0.05, 0.1) is 4.58 Å². The fourth-order valence-corrected chi connectivity index (χ4v) is 6.06. The molecule has 118 valence electrons. The first kappa shape index (κ1) is 15.2. The minimum Gasteiger partial charge on any atom is -0.308 e. The minimum absolute atomic E-state index is 0.116. The Hall–Kier alpha value is -1.39. The Morgan fingerprint density at radius 3 is 2.52 bits per heavy atom. The summed E-state index contributed by atoms with van der Waals surface area (Å²) in [6.07, 6.45) is 2.26. The van der Waals surface area contributed by atoms with Crippen LogP contribution in [0.2, 0.25) is 0 Å². The number of rotatable bonds is 2. The molecule has 0 aliphatic carbocycles. The lowest BCUT2D eigenvalue weighted by Gasteiger charge is -2.22. The van der Waals surface area contributed by atoms with E-state index in [4.69, 9.17) is 0 Å².